The molecule has 0 radical (unpaired) electrons. The fraction of sp³-hybridized carbons (Fsp3) is 0.250. The molecular weight excluding hydrogens is 366 g/mol. The number of halogens is 1. The van der Waals surface area contributed by atoms with Gasteiger partial charge in [-0.1, -0.05) is 46.3 Å². The second kappa shape index (κ2) is 7.26. The van der Waals surface area contributed by atoms with Crippen LogP contribution in [0.15, 0.2) is 53.0 Å². The molecule has 1 N–H and O–H groups in total. The maximum Gasteiger partial charge on any atom is 0.216 e. The second-order valence-corrected chi connectivity index (χ2v) is 7.64. The summed E-state index contributed by atoms with van der Waals surface area (Å²) in [6.07, 6.45) is 0. The summed E-state index contributed by atoms with van der Waals surface area (Å²) in [7, 11) is -1.87. The standard InChI is InChI=1S/C16H18BrNO3S/c1-12(15-5-3-4-6-16(15)21-2)18-22(19,20)11-13-7-9-14(17)10-8-13/h3-10,12,18H,11H2,1-2H3/t12-/m1/s1. The number of benzene rings is 2. The van der Waals surface area contributed by atoms with Crippen molar-refractivity contribution in [3.05, 3.63) is 64.1 Å². The number of nitrogens with one attached hydrogen (secondary N) is 1. The third-order valence-corrected chi connectivity index (χ3v) is 5.19. The lowest BCUT2D eigenvalue weighted by Crippen LogP contribution is -2.28. The number of hydrogen-bond acceptors (Lipinski definition) is 3. The van der Waals surface area contributed by atoms with Gasteiger partial charge in [-0.2, -0.15) is 0 Å². The summed E-state index contributed by atoms with van der Waals surface area (Å²) in [6.45, 7) is 1.80. The van der Waals surface area contributed by atoms with Crippen LogP contribution in [-0.4, -0.2) is 15.5 Å². The maximum atomic E-state index is 12.3. The fourth-order valence-electron chi connectivity index (χ4n) is 2.20. The first-order chi connectivity index (χ1) is 10.4. The van der Waals surface area contributed by atoms with Gasteiger partial charge < -0.3 is 4.74 Å². The van der Waals surface area contributed by atoms with Crippen LogP contribution < -0.4 is 9.46 Å². The van der Waals surface area contributed by atoms with Crippen LogP contribution in [0.3, 0.4) is 0 Å². The molecule has 0 amide bonds. The van der Waals surface area contributed by atoms with Crippen molar-refractivity contribution in [3.8, 4) is 5.75 Å². The third-order valence-electron chi connectivity index (χ3n) is 3.23. The molecule has 118 valence electrons. The van der Waals surface area contributed by atoms with Gasteiger partial charge in [0.1, 0.15) is 5.75 Å². The molecule has 22 heavy (non-hydrogen) atoms. The van der Waals surface area contributed by atoms with Gasteiger partial charge in [0.15, 0.2) is 0 Å². The molecule has 0 saturated heterocycles. The van der Waals surface area contributed by atoms with Crippen molar-refractivity contribution >= 4 is 26.0 Å². The first-order valence-electron chi connectivity index (χ1n) is 6.78. The molecule has 0 aromatic heterocycles. The van der Waals surface area contributed by atoms with Gasteiger partial charge >= 0.3 is 0 Å². The van der Waals surface area contributed by atoms with Crippen molar-refractivity contribution in [2.45, 2.75) is 18.7 Å². The molecule has 6 heteroatoms. The van der Waals surface area contributed by atoms with Crippen LogP contribution in [0.1, 0.15) is 24.1 Å². The van der Waals surface area contributed by atoms with E-state index in [0.29, 0.717) is 5.75 Å². The molecule has 0 bridgehead atoms. The van der Waals surface area contributed by atoms with Crippen LogP contribution in [0.2, 0.25) is 0 Å². The molecule has 0 saturated carbocycles. The molecule has 2 aromatic carbocycles. The van der Waals surface area contributed by atoms with E-state index in [4.69, 9.17) is 4.74 Å². The van der Waals surface area contributed by atoms with Crippen molar-refractivity contribution in [3.63, 3.8) is 0 Å². The summed E-state index contributed by atoms with van der Waals surface area (Å²) in [6, 6.07) is 14.2. The topological polar surface area (TPSA) is 55.4 Å². The largest absolute Gasteiger partial charge is 0.496 e. The number of ether oxygens (including phenoxy) is 1. The van der Waals surface area contributed by atoms with E-state index < -0.39 is 10.0 Å². The Bertz CT molecular complexity index is 729. The molecule has 4 nitrogen and oxygen atoms in total. The monoisotopic (exact) mass is 383 g/mol. The van der Waals surface area contributed by atoms with Gasteiger partial charge in [0.05, 0.1) is 12.9 Å². The molecule has 2 rings (SSSR count). The van der Waals surface area contributed by atoms with Crippen molar-refractivity contribution < 1.29 is 13.2 Å². The summed E-state index contributed by atoms with van der Waals surface area (Å²) < 4.78 is 33.5. The summed E-state index contributed by atoms with van der Waals surface area (Å²) in [5.41, 5.74) is 1.55. The average molecular weight is 384 g/mol. The molecule has 1 atom stereocenters. The molecule has 0 aliphatic rings. The van der Waals surface area contributed by atoms with Crippen molar-refractivity contribution in [1.82, 2.24) is 4.72 Å². The Kier molecular flexibility index (Phi) is 5.61. The second-order valence-electron chi connectivity index (χ2n) is 4.97. The Balaban J connectivity index is 2.12. The predicted molar refractivity (Wildman–Crippen MR) is 91.3 cm³/mol. The van der Waals surface area contributed by atoms with Crippen LogP contribution in [0.25, 0.3) is 0 Å². The molecule has 0 fully saturated rings. The van der Waals surface area contributed by atoms with E-state index in [9.17, 15) is 8.42 Å². The summed E-state index contributed by atoms with van der Waals surface area (Å²) in [5, 5.41) is 0. The van der Waals surface area contributed by atoms with Crippen molar-refractivity contribution in [1.29, 1.82) is 0 Å². The summed E-state index contributed by atoms with van der Waals surface area (Å²) >= 11 is 3.33. The molecule has 0 unspecified atom stereocenters. The number of rotatable bonds is 6. The van der Waals surface area contributed by atoms with E-state index in [-0.39, 0.29) is 11.8 Å². The zero-order chi connectivity index (χ0) is 16.2. The minimum Gasteiger partial charge on any atom is -0.496 e. The molecule has 0 spiro atoms. The van der Waals surface area contributed by atoms with Crippen LogP contribution in [0.4, 0.5) is 0 Å². The molecule has 0 aliphatic heterocycles. The minimum absolute atomic E-state index is 0.0558. The highest BCUT2D eigenvalue weighted by atomic mass is 79.9. The van der Waals surface area contributed by atoms with E-state index in [0.717, 1.165) is 15.6 Å². The smallest absolute Gasteiger partial charge is 0.216 e. The lowest BCUT2D eigenvalue weighted by atomic mass is 10.1. The Labute approximate surface area is 139 Å². The molecular formula is C16H18BrNO3S. The fourth-order valence-corrected chi connectivity index (χ4v) is 3.84. The Morgan fingerprint density at radius 3 is 2.41 bits per heavy atom. The molecule has 0 aliphatic carbocycles. The van der Waals surface area contributed by atoms with Gasteiger partial charge in [0.2, 0.25) is 10.0 Å². The molecule has 0 heterocycles. The highest BCUT2D eigenvalue weighted by Gasteiger charge is 2.18. The number of methoxy groups -OCH3 is 1. The normalized spacial score (nSPS) is 12.9. The van der Waals surface area contributed by atoms with E-state index >= 15 is 0 Å². The predicted octanol–water partition coefficient (Wildman–Crippen LogP) is 3.64. The highest BCUT2D eigenvalue weighted by molar-refractivity contribution is 9.10. The summed E-state index contributed by atoms with van der Waals surface area (Å²) in [5.74, 6) is 0.612. The maximum absolute atomic E-state index is 12.3. The first-order valence-corrected chi connectivity index (χ1v) is 9.23. The van der Waals surface area contributed by atoms with Gasteiger partial charge in [-0.05, 0) is 30.7 Å². The summed E-state index contributed by atoms with van der Waals surface area (Å²) in [4.78, 5) is 0. The number of hydrogen-bond donors (Lipinski definition) is 1. The van der Waals surface area contributed by atoms with E-state index in [1.54, 1.807) is 26.2 Å². The Morgan fingerprint density at radius 2 is 1.77 bits per heavy atom. The molecule has 2 aromatic rings. The third kappa shape index (κ3) is 4.56. The van der Waals surface area contributed by atoms with Crippen molar-refractivity contribution in [2.75, 3.05) is 7.11 Å². The quantitative estimate of drug-likeness (QED) is 0.828. The van der Waals surface area contributed by atoms with Gasteiger partial charge in [0.25, 0.3) is 0 Å². The van der Waals surface area contributed by atoms with Gasteiger partial charge in [-0.3, -0.25) is 0 Å². The van der Waals surface area contributed by atoms with Crippen molar-refractivity contribution in [2.24, 2.45) is 0 Å². The van der Waals surface area contributed by atoms with Crippen LogP contribution >= 0.6 is 15.9 Å². The lowest BCUT2D eigenvalue weighted by molar-refractivity contribution is 0.405. The van der Waals surface area contributed by atoms with E-state index in [1.165, 1.54) is 0 Å². The van der Waals surface area contributed by atoms with Gasteiger partial charge in [-0.15, -0.1) is 0 Å². The van der Waals surface area contributed by atoms with E-state index in [2.05, 4.69) is 20.7 Å². The first kappa shape index (κ1) is 17.0. The van der Waals surface area contributed by atoms with Crippen LogP contribution in [0.5, 0.6) is 5.75 Å². The SMILES string of the molecule is COc1ccccc1[C@@H](C)NS(=O)(=O)Cc1ccc(Br)cc1. The Morgan fingerprint density at radius 1 is 1.14 bits per heavy atom. The van der Waals surface area contributed by atoms with Gasteiger partial charge in [-0.25, -0.2) is 13.1 Å². The zero-order valence-corrected chi connectivity index (χ0v) is 14.8. The zero-order valence-electron chi connectivity index (χ0n) is 12.4. The average Bonchev–Trinajstić information content (AvgIpc) is 2.48. The van der Waals surface area contributed by atoms with Gasteiger partial charge in [0, 0.05) is 16.1 Å². The highest BCUT2D eigenvalue weighted by Crippen LogP contribution is 2.25. The lowest BCUT2D eigenvalue weighted by Gasteiger charge is -2.17. The minimum atomic E-state index is -3.44. The number of para-hydroxylation sites is 1. The van der Waals surface area contributed by atoms with E-state index in [1.807, 2.05) is 36.4 Å². The Hall–Kier alpha value is -1.37. The number of sulfonamides is 1. The van der Waals surface area contributed by atoms with Crippen LogP contribution in [-0.2, 0) is 15.8 Å². The van der Waals surface area contributed by atoms with Crippen LogP contribution in [0, 0.1) is 0 Å².